The molecule has 0 radical (unpaired) electrons. The molecule has 0 unspecified atom stereocenters. The van der Waals surface area contributed by atoms with E-state index in [0.29, 0.717) is 18.1 Å². The molecule has 0 bridgehead atoms. The molecule has 0 aromatic heterocycles. The van der Waals surface area contributed by atoms with Crippen LogP contribution in [-0.4, -0.2) is 33.1 Å². The van der Waals surface area contributed by atoms with Crippen molar-refractivity contribution in [2.75, 3.05) is 19.8 Å². The molecule has 0 heterocycles. The molecule has 2 rings (SSSR count). The van der Waals surface area contributed by atoms with Gasteiger partial charge in [0.05, 0.1) is 16.6 Å². The second-order valence-corrected chi connectivity index (χ2v) is 7.17. The molecule has 0 saturated carbocycles. The van der Waals surface area contributed by atoms with Gasteiger partial charge in [0, 0.05) is 18.7 Å². The lowest BCUT2D eigenvalue weighted by Crippen LogP contribution is -2.28. The molecular weight excluding hydrogens is 384 g/mol. The molecule has 10 heteroatoms. The number of nitro groups is 1. The third-order valence-electron chi connectivity index (χ3n) is 3.21. The van der Waals surface area contributed by atoms with E-state index in [0.717, 1.165) is 12.1 Å². The van der Waals surface area contributed by atoms with Crippen molar-refractivity contribution in [3.05, 3.63) is 57.6 Å². The van der Waals surface area contributed by atoms with Gasteiger partial charge in [-0.1, -0.05) is 11.6 Å². The van der Waals surface area contributed by atoms with Crippen molar-refractivity contribution in [2.24, 2.45) is 0 Å². The van der Waals surface area contributed by atoms with Crippen LogP contribution in [0.4, 0.5) is 5.69 Å². The second-order valence-electron chi connectivity index (χ2n) is 5.02. The summed E-state index contributed by atoms with van der Waals surface area (Å²) in [5.74, 6) is 1.27. The molecule has 0 fully saturated rings. The van der Waals surface area contributed by atoms with Crippen molar-refractivity contribution in [1.82, 2.24) is 4.72 Å². The van der Waals surface area contributed by atoms with Crippen LogP contribution in [0.25, 0.3) is 0 Å². The number of hydrogen-bond acceptors (Lipinski definition) is 6. The predicted molar refractivity (Wildman–Crippen MR) is 96.4 cm³/mol. The molecule has 0 aliphatic heterocycles. The van der Waals surface area contributed by atoms with E-state index < -0.39 is 14.9 Å². The maximum atomic E-state index is 12.3. The van der Waals surface area contributed by atoms with Gasteiger partial charge in [0.25, 0.3) is 5.69 Å². The highest BCUT2D eigenvalue weighted by Gasteiger charge is 2.21. The zero-order valence-corrected chi connectivity index (χ0v) is 15.4. The number of nitro benzene ring substituents is 1. The average molecular weight is 401 g/mol. The Balaban J connectivity index is 1.94. The molecule has 2 aromatic carbocycles. The first-order valence-electron chi connectivity index (χ1n) is 7.62. The Kier molecular flexibility index (Phi) is 6.78. The van der Waals surface area contributed by atoms with E-state index in [4.69, 9.17) is 21.1 Å². The highest BCUT2D eigenvalue weighted by Crippen LogP contribution is 2.26. The van der Waals surface area contributed by atoms with Crippen LogP contribution in [0, 0.1) is 10.1 Å². The van der Waals surface area contributed by atoms with Crippen LogP contribution < -0.4 is 14.2 Å². The van der Waals surface area contributed by atoms with Gasteiger partial charge in [-0.2, -0.15) is 0 Å². The molecule has 0 atom stereocenters. The van der Waals surface area contributed by atoms with Crippen LogP contribution >= 0.6 is 11.6 Å². The van der Waals surface area contributed by atoms with Gasteiger partial charge >= 0.3 is 0 Å². The standard InChI is InChI=1S/C16H17ClN2O6S/c1-2-24-13-4-6-14(7-5-13)25-10-9-18-26(22,23)16-11-12(19(20)21)3-8-15(16)17/h3-8,11,18H,2,9-10H2,1H3. The highest BCUT2D eigenvalue weighted by molar-refractivity contribution is 7.89. The average Bonchev–Trinajstić information content (AvgIpc) is 2.60. The summed E-state index contributed by atoms with van der Waals surface area (Å²) in [4.78, 5) is 9.75. The zero-order valence-electron chi connectivity index (χ0n) is 13.8. The molecule has 0 spiro atoms. The fraction of sp³-hybridized carbons (Fsp3) is 0.250. The van der Waals surface area contributed by atoms with Crippen LogP contribution in [-0.2, 0) is 10.0 Å². The first-order valence-corrected chi connectivity index (χ1v) is 9.49. The molecule has 0 saturated heterocycles. The van der Waals surface area contributed by atoms with E-state index >= 15 is 0 Å². The van der Waals surface area contributed by atoms with Crippen molar-refractivity contribution >= 4 is 27.3 Å². The predicted octanol–water partition coefficient (Wildman–Crippen LogP) is 3.00. The minimum absolute atomic E-state index is 0.0332. The fourth-order valence-corrected chi connectivity index (χ4v) is 3.56. The molecule has 140 valence electrons. The van der Waals surface area contributed by atoms with Crippen LogP contribution in [0.5, 0.6) is 11.5 Å². The summed E-state index contributed by atoms with van der Waals surface area (Å²) in [6, 6.07) is 10.1. The summed E-state index contributed by atoms with van der Waals surface area (Å²) >= 11 is 5.85. The minimum atomic E-state index is -4.00. The van der Waals surface area contributed by atoms with Gasteiger partial charge in [0.2, 0.25) is 10.0 Å². The summed E-state index contributed by atoms with van der Waals surface area (Å²) in [5.41, 5.74) is -0.361. The summed E-state index contributed by atoms with van der Waals surface area (Å²) in [5, 5.41) is 10.7. The van der Waals surface area contributed by atoms with Crippen molar-refractivity contribution in [3.8, 4) is 11.5 Å². The number of nitrogens with one attached hydrogen (secondary N) is 1. The molecule has 0 amide bonds. The quantitative estimate of drug-likeness (QED) is 0.394. The lowest BCUT2D eigenvalue weighted by atomic mass is 10.3. The van der Waals surface area contributed by atoms with E-state index in [1.165, 1.54) is 6.07 Å². The molecule has 0 aliphatic rings. The van der Waals surface area contributed by atoms with Gasteiger partial charge in [-0.3, -0.25) is 10.1 Å². The second kappa shape index (κ2) is 8.84. The van der Waals surface area contributed by atoms with E-state index in [1.807, 2.05) is 6.92 Å². The number of non-ortho nitro benzene ring substituents is 1. The van der Waals surface area contributed by atoms with Crippen LogP contribution in [0.3, 0.4) is 0 Å². The minimum Gasteiger partial charge on any atom is -0.494 e. The Hall–Kier alpha value is -2.36. The molecule has 1 N–H and O–H groups in total. The highest BCUT2D eigenvalue weighted by atomic mass is 35.5. The van der Waals surface area contributed by atoms with Crippen molar-refractivity contribution in [3.63, 3.8) is 0 Å². The number of ether oxygens (including phenoxy) is 2. The summed E-state index contributed by atoms with van der Waals surface area (Å²) < 4.78 is 37.6. The van der Waals surface area contributed by atoms with Gasteiger partial charge in [-0.25, -0.2) is 13.1 Å². The normalized spacial score (nSPS) is 11.2. The van der Waals surface area contributed by atoms with E-state index in [1.54, 1.807) is 24.3 Å². The third kappa shape index (κ3) is 5.32. The lowest BCUT2D eigenvalue weighted by Gasteiger charge is -2.10. The largest absolute Gasteiger partial charge is 0.494 e. The SMILES string of the molecule is CCOc1ccc(OCCNS(=O)(=O)c2cc([N+](=O)[O-])ccc2Cl)cc1. The molecule has 0 aliphatic carbocycles. The number of rotatable bonds is 9. The first kappa shape index (κ1) is 20.0. The van der Waals surface area contributed by atoms with Gasteiger partial charge in [-0.05, 0) is 37.3 Å². The Bertz CT molecular complexity index is 871. The van der Waals surface area contributed by atoms with E-state index in [2.05, 4.69) is 4.72 Å². The van der Waals surface area contributed by atoms with Gasteiger partial charge in [0.15, 0.2) is 0 Å². The summed E-state index contributed by atoms with van der Waals surface area (Å²) in [7, 11) is -4.00. The smallest absolute Gasteiger partial charge is 0.270 e. The Morgan fingerprint density at radius 1 is 1.12 bits per heavy atom. The van der Waals surface area contributed by atoms with Crippen LogP contribution in [0.2, 0.25) is 5.02 Å². The number of halogens is 1. The molecular formula is C16H17ClN2O6S. The number of sulfonamides is 1. The first-order chi connectivity index (χ1) is 12.3. The summed E-state index contributed by atoms with van der Waals surface area (Å²) in [6.45, 7) is 2.47. The summed E-state index contributed by atoms with van der Waals surface area (Å²) in [6.07, 6.45) is 0. The Morgan fingerprint density at radius 3 is 2.31 bits per heavy atom. The lowest BCUT2D eigenvalue weighted by molar-refractivity contribution is -0.385. The van der Waals surface area contributed by atoms with Crippen LogP contribution in [0.1, 0.15) is 6.92 Å². The fourth-order valence-electron chi connectivity index (χ4n) is 2.03. The Labute approximate surface area is 155 Å². The van der Waals surface area contributed by atoms with Gasteiger partial charge in [-0.15, -0.1) is 0 Å². The molecule has 2 aromatic rings. The van der Waals surface area contributed by atoms with Gasteiger partial charge < -0.3 is 9.47 Å². The Morgan fingerprint density at radius 2 is 1.73 bits per heavy atom. The van der Waals surface area contributed by atoms with Crippen molar-refractivity contribution in [1.29, 1.82) is 0 Å². The van der Waals surface area contributed by atoms with Gasteiger partial charge in [0.1, 0.15) is 23.0 Å². The number of hydrogen-bond donors (Lipinski definition) is 1. The number of nitrogens with zero attached hydrogens (tertiary/aromatic N) is 1. The molecule has 8 nitrogen and oxygen atoms in total. The van der Waals surface area contributed by atoms with Crippen LogP contribution in [0.15, 0.2) is 47.4 Å². The van der Waals surface area contributed by atoms with Crippen molar-refractivity contribution < 1.29 is 22.8 Å². The maximum absolute atomic E-state index is 12.3. The van der Waals surface area contributed by atoms with E-state index in [-0.39, 0.29) is 28.8 Å². The van der Waals surface area contributed by atoms with Crippen molar-refractivity contribution in [2.45, 2.75) is 11.8 Å². The maximum Gasteiger partial charge on any atom is 0.270 e. The number of benzene rings is 2. The monoisotopic (exact) mass is 400 g/mol. The zero-order chi connectivity index (χ0) is 19.2. The third-order valence-corrected chi connectivity index (χ3v) is 5.16. The van der Waals surface area contributed by atoms with E-state index in [9.17, 15) is 18.5 Å². The topological polar surface area (TPSA) is 108 Å². The molecule has 26 heavy (non-hydrogen) atoms.